The van der Waals surface area contributed by atoms with Gasteiger partial charge in [-0.05, 0) is 6.42 Å². The average Bonchev–Trinajstić information content (AvgIpc) is 2.43. The number of hydrogen-bond donors (Lipinski definition) is 0. The molecule has 0 radical (unpaired) electrons. The molecule has 0 spiro atoms. The normalized spacial score (nSPS) is 10.0. The van der Waals surface area contributed by atoms with Crippen molar-refractivity contribution in [3.63, 3.8) is 0 Å². The second-order valence-corrected chi connectivity index (χ2v) is 5.90. The van der Waals surface area contributed by atoms with Crippen LogP contribution in [-0.2, 0) is 4.74 Å². The molecule has 0 aliphatic carbocycles. The van der Waals surface area contributed by atoms with E-state index in [0.29, 0.717) is 6.61 Å². The van der Waals surface area contributed by atoms with Gasteiger partial charge >= 0.3 is 35.7 Å². The number of amides is 1. The van der Waals surface area contributed by atoms with Crippen LogP contribution < -0.4 is 0 Å². The Labute approximate surface area is 154 Å². The van der Waals surface area contributed by atoms with E-state index in [-0.39, 0.29) is 35.7 Å². The van der Waals surface area contributed by atoms with Gasteiger partial charge in [-0.2, -0.15) is 0 Å². The molecule has 0 N–H and O–H groups in total. The first-order valence-corrected chi connectivity index (χ1v) is 8.52. The summed E-state index contributed by atoms with van der Waals surface area (Å²) in [5.41, 5.74) is 0. The zero-order valence-corrected chi connectivity index (χ0v) is 14.0. The fourth-order valence-electron chi connectivity index (χ4n) is 2.23. The Morgan fingerprint density at radius 1 is 0.762 bits per heavy atom. The van der Waals surface area contributed by atoms with Gasteiger partial charge < -0.3 is 9.64 Å². The maximum absolute atomic E-state index is 11.1. The van der Waals surface area contributed by atoms with E-state index >= 15 is 0 Å². The second-order valence-electron chi connectivity index (χ2n) is 5.90. The van der Waals surface area contributed by atoms with Gasteiger partial charge in [0, 0.05) is 14.1 Å². The molecule has 0 bridgehead atoms. The van der Waals surface area contributed by atoms with Crippen LogP contribution in [0.5, 0.6) is 0 Å². The predicted octanol–water partition coefficient (Wildman–Crippen LogP) is 4.74. The van der Waals surface area contributed by atoms with E-state index in [4.69, 9.17) is 4.74 Å². The molecule has 0 fully saturated rings. The van der Waals surface area contributed by atoms with E-state index in [1.54, 1.807) is 14.1 Å². The number of ether oxygens (including phenoxy) is 1. The van der Waals surface area contributed by atoms with Crippen LogP contribution in [-0.4, -0.2) is 61.3 Å². The molecule has 1 amide bonds. The van der Waals surface area contributed by atoms with Crippen molar-refractivity contribution in [2.75, 3.05) is 20.7 Å². The van der Waals surface area contributed by atoms with Crippen LogP contribution in [0.4, 0.5) is 4.79 Å². The molecule has 4 heteroatoms. The molecule has 0 unspecified atom stereocenters. The molecule has 0 saturated carbocycles. The summed E-state index contributed by atoms with van der Waals surface area (Å²) in [7, 11) is 3.43. The second kappa shape index (κ2) is 18.3. The third kappa shape index (κ3) is 18.2. The van der Waals surface area contributed by atoms with Gasteiger partial charge in [-0.15, -0.1) is 0 Å². The Hall–Kier alpha value is 0.270. The van der Waals surface area contributed by atoms with Gasteiger partial charge in [-0.3, -0.25) is 0 Å². The summed E-state index contributed by atoms with van der Waals surface area (Å²) >= 11 is 0. The van der Waals surface area contributed by atoms with Gasteiger partial charge in [0.25, 0.3) is 0 Å². The summed E-state index contributed by atoms with van der Waals surface area (Å²) in [6, 6.07) is 0. The summed E-state index contributed by atoms with van der Waals surface area (Å²) < 4.78 is 5.08. The molecule has 0 atom stereocenters. The van der Waals surface area contributed by atoms with E-state index in [1.807, 2.05) is 0 Å². The third-order valence-corrected chi connectivity index (χ3v) is 3.59. The number of rotatable bonds is 13. The summed E-state index contributed by atoms with van der Waals surface area (Å²) in [4.78, 5) is 12.6. The fourth-order valence-corrected chi connectivity index (χ4v) is 2.23. The molecule has 0 heterocycles. The summed E-state index contributed by atoms with van der Waals surface area (Å²) in [5, 5.41) is 0. The molecular weight excluding hydrogens is 273 g/mol. The van der Waals surface area contributed by atoms with Gasteiger partial charge in [0.2, 0.25) is 0 Å². The molecule has 0 aromatic rings. The van der Waals surface area contributed by atoms with Crippen LogP contribution in [0.3, 0.4) is 0 Å². The van der Waals surface area contributed by atoms with E-state index in [1.165, 1.54) is 75.5 Å². The minimum absolute atomic E-state index is 0. The van der Waals surface area contributed by atoms with E-state index in [2.05, 4.69) is 6.92 Å². The Morgan fingerprint density at radius 3 is 1.52 bits per heavy atom. The molecule has 0 saturated heterocycles. The van der Waals surface area contributed by atoms with Gasteiger partial charge in [-0.25, -0.2) is 4.79 Å². The zero-order valence-electron chi connectivity index (χ0n) is 14.0. The topological polar surface area (TPSA) is 29.5 Å². The first-order chi connectivity index (χ1) is 9.68. The van der Waals surface area contributed by atoms with Gasteiger partial charge in [0.15, 0.2) is 0 Å². The number of nitrogens with zero attached hydrogens (tertiary/aromatic N) is 1. The molecule has 122 valence electrons. The molecule has 0 aliphatic rings. The molecular formula is C17H36NNaO2. The number of carbonyl (C=O) groups is 1. The Bertz CT molecular complexity index is 223. The van der Waals surface area contributed by atoms with Crippen LogP contribution in [0.25, 0.3) is 0 Å². The summed E-state index contributed by atoms with van der Waals surface area (Å²) in [6.07, 6.45) is 15.7. The van der Waals surface area contributed by atoms with Crippen molar-refractivity contribution in [2.45, 2.75) is 84.0 Å². The van der Waals surface area contributed by atoms with Crippen molar-refractivity contribution in [3.05, 3.63) is 0 Å². The fraction of sp³-hybridized carbons (Fsp3) is 0.941. The Morgan fingerprint density at radius 2 is 1.14 bits per heavy atom. The average molecular weight is 309 g/mol. The molecule has 3 nitrogen and oxygen atoms in total. The third-order valence-electron chi connectivity index (χ3n) is 3.59. The van der Waals surface area contributed by atoms with E-state index in [9.17, 15) is 4.79 Å². The molecule has 0 rings (SSSR count). The van der Waals surface area contributed by atoms with Crippen LogP contribution in [0.2, 0.25) is 0 Å². The van der Waals surface area contributed by atoms with Crippen LogP contribution in [0.15, 0.2) is 0 Å². The SMILES string of the molecule is CCCCCCCCCCCCCCOC(=O)N(C)C.[NaH]. The number of hydrogen-bond acceptors (Lipinski definition) is 2. The summed E-state index contributed by atoms with van der Waals surface area (Å²) in [5.74, 6) is 0. The van der Waals surface area contributed by atoms with Crippen LogP contribution in [0, 0.1) is 0 Å². The van der Waals surface area contributed by atoms with Gasteiger partial charge in [0.05, 0.1) is 6.61 Å². The van der Waals surface area contributed by atoms with E-state index in [0.717, 1.165) is 6.42 Å². The first-order valence-electron chi connectivity index (χ1n) is 8.52. The Kier molecular flexibility index (Phi) is 20.5. The molecule has 0 aliphatic heterocycles. The quantitative estimate of drug-likeness (QED) is 0.363. The van der Waals surface area contributed by atoms with Crippen molar-refractivity contribution in [1.29, 1.82) is 0 Å². The van der Waals surface area contributed by atoms with Crippen molar-refractivity contribution in [2.24, 2.45) is 0 Å². The molecule has 0 aromatic carbocycles. The van der Waals surface area contributed by atoms with E-state index < -0.39 is 0 Å². The van der Waals surface area contributed by atoms with Crippen molar-refractivity contribution in [1.82, 2.24) is 4.90 Å². The standard InChI is InChI=1S/C17H35NO2.Na.H/c1-4-5-6-7-8-9-10-11-12-13-14-15-16-20-17(19)18(2)3;;/h4-16H2,1-3H3;;. The zero-order chi connectivity index (χ0) is 15.1. The van der Waals surface area contributed by atoms with Gasteiger partial charge in [0.1, 0.15) is 0 Å². The Balaban J connectivity index is 0. The number of carbonyl (C=O) groups excluding carboxylic acids is 1. The van der Waals surface area contributed by atoms with Gasteiger partial charge in [-0.1, -0.05) is 77.6 Å². The molecule has 0 aromatic heterocycles. The van der Waals surface area contributed by atoms with Crippen molar-refractivity contribution >= 4 is 35.7 Å². The van der Waals surface area contributed by atoms with Crippen LogP contribution >= 0.6 is 0 Å². The minimum atomic E-state index is -0.229. The predicted molar refractivity (Wildman–Crippen MR) is 93.3 cm³/mol. The first kappa shape index (κ1) is 23.5. The summed E-state index contributed by atoms with van der Waals surface area (Å²) in [6.45, 7) is 2.83. The monoisotopic (exact) mass is 309 g/mol. The van der Waals surface area contributed by atoms with Crippen molar-refractivity contribution in [3.8, 4) is 0 Å². The number of unbranched alkanes of at least 4 members (excludes halogenated alkanes) is 11. The van der Waals surface area contributed by atoms with Crippen molar-refractivity contribution < 1.29 is 9.53 Å². The molecule has 21 heavy (non-hydrogen) atoms. The maximum atomic E-state index is 11.1. The van der Waals surface area contributed by atoms with Crippen LogP contribution in [0.1, 0.15) is 84.0 Å².